The minimum absolute atomic E-state index is 0.0460. The van der Waals surface area contributed by atoms with Crippen molar-refractivity contribution in [2.24, 2.45) is 0 Å². The second kappa shape index (κ2) is 6.34. The molecule has 0 aliphatic carbocycles. The third-order valence-corrected chi connectivity index (χ3v) is 4.18. The van der Waals surface area contributed by atoms with Crippen molar-refractivity contribution in [2.45, 2.75) is 10.2 Å². The van der Waals surface area contributed by atoms with Gasteiger partial charge in [0.2, 0.25) is 5.16 Å². The van der Waals surface area contributed by atoms with Crippen LogP contribution < -0.4 is 0 Å². The average Bonchev–Trinajstić information content (AvgIpc) is 2.98. The fourth-order valence-electron chi connectivity index (χ4n) is 1.80. The van der Waals surface area contributed by atoms with Crippen LogP contribution in [0, 0.1) is 10.1 Å². The summed E-state index contributed by atoms with van der Waals surface area (Å²) < 4.78 is 0.774. The van der Waals surface area contributed by atoms with Crippen LogP contribution in [0.1, 0.15) is 0 Å². The van der Waals surface area contributed by atoms with Crippen molar-refractivity contribution in [3.8, 4) is 17.1 Å². The SMILES string of the molecule is O=[N+]([O-])c1cccnc1Sc1n[nH]c(-c2cc(Br)ccc2O)n1. The maximum Gasteiger partial charge on any atom is 0.301 e. The molecule has 2 N–H and O–H groups in total. The van der Waals surface area contributed by atoms with Crippen LogP contribution in [-0.4, -0.2) is 30.2 Å². The minimum atomic E-state index is -0.511. The molecule has 2 heterocycles. The molecule has 116 valence electrons. The molecule has 0 fully saturated rings. The number of nitrogens with zero attached hydrogens (tertiary/aromatic N) is 4. The number of aromatic hydroxyl groups is 1. The standard InChI is InChI=1S/C13H8BrN5O3S/c14-7-3-4-10(20)8(6-7)11-16-13(18-17-11)23-12-9(19(21)22)2-1-5-15-12/h1-6,20H,(H,16,17,18). The van der Waals surface area contributed by atoms with Gasteiger partial charge in [-0.25, -0.2) is 9.97 Å². The first-order valence-electron chi connectivity index (χ1n) is 6.23. The van der Waals surface area contributed by atoms with Gasteiger partial charge in [-0.1, -0.05) is 15.9 Å². The van der Waals surface area contributed by atoms with Crippen LogP contribution in [0.15, 0.2) is 51.2 Å². The van der Waals surface area contributed by atoms with E-state index >= 15 is 0 Å². The molecule has 0 amide bonds. The van der Waals surface area contributed by atoms with Crippen molar-refractivity contribution in [1.29, 1.82) is 0 Å². The van der Waals surface area contributed by atoms with Gasteiger partial charge in [-0.05, 0) is 36.0 Å². The van der Waals surface area contributed by atoms with Crippen LogP contribution in [0.25, 0.3) is 11.4 Å². The van der Waals surface area contributed by atoms with Gasteiger partial charge in [-0.3, -0.25) is 15.2 Å². The Labute approximate surface area is 142 Å². The van der Waals surface area contributed by atoms with E-state index in [0.29, 0.717) is 11.4 Å². The normalized spacial score (nSPS) is 10.7. The molecule has 0 aliphatic rings. The third kappa shape index (κ3) is 3.32. The summed E-state index contributed by atoms with van der Waals surface area (Å²) in [6.45, 7) is 0. The lowest BCUT2D eigenvalue weighted by atomic mass is 10.2. The van der Waals surface area contributed by atoms with Gasteiger partial charge < -0.3 is 5.11 Å². The second-order valence-electron chi connectivity index (χ2n) is 4.31. The van der Waals surface area contributed by atoms with Crippen molar-refractivity contribution >= 4 is 33.4 Å². The number of pyridine rings is 1. The van der Waals surface area contributed by atoms with Gasteiger partial charge in [0, 0.05) is 16.7 Å². The number of aromatic nitrogens is 4. The molecule has 10 heteroatoms. The molecule has 0 aliphatic heterocycles. The molecule has 23 heavy (non-hydrogen) atoms. The van der Waals surface area contributed by atoms with Gasteiger partial charge >= 0.3 is 5.69 Å². The van der Waals surface area contributed by atoms with Crippen LogP contribution >= 0.6 is 27.7 Å². The Hall–Kier alpha value is -2.46. The summed E-state index contributed by atoms with van der Waals surface area (Å²) in [6, 6.07) is 7.77. The quantitative estimate of drug-likeness (QED) is 0.514. The molecule has 0 radical (unpaired) electrons. The Kier molecular flexibility index (Phi) is 4.26. The Bertz CT molecular complexity index is 886. The number of phenolic OH excluding ortho intramolecular Hbond substituents is 1. The van der Waals surface area contributed by atoms with Gasteiger partial charge in [0.25, 0.3) is 0 Å². The molecule has 0 spiro atoms. The monoisotopic (exact) mass is 393 g/mol. The molecule has 2 aromatic heterocycles. The van der Waals surface area contributed by atoms with Crippen molar-refractivity contribution in [3.05, 3.63) is 51.1 Å². The van der Waals surface area contributed by atoms with E-state index in [1.807, 2.05) is 0 Å². The molecule has 8 nitrogen and oxygen atoms in total. The molecule has 3 rings (SSSR count). The Morgan fingerprint density at radius 3 is 2.96 bits per heavy atom. The summed E-state index contributed by atoms with van der Waals surface area (Å²) in [5.41, 5.74) is 0.350. The number of H-pyrrole nitrogens is 1. The van der Waals surface area contributed by atoms with Crippen LogP contribution in [0.3, 0.4) is 0 Å². The lowest BCUT2D eigenvalue weighted by molar-refractivity contribution is -0.388. The van der Waals surface area contributed by atoms with E-state index < -0.39 is 4.92 Å². The predicted molar refractivity (Wildman–Crippen MR) is 86.2 cm³/mol. The number of nitrogens with one attached hydrogen (secondary N) is 1. The van der Waals surface area contributed by atoms with Gasteiger partial charge in [0.1, 0.15) is 5.75 Å². The molecule has 0 bridgehead atoms. The number of phenols is 1. The first-order valence-corrected chi connectivity index (χ1v) is 7.84. The summed E-state index contributed by atoms with van der Waals surface area (Å²) in [6.07, 6.45) is 1.46. The number of nitro groups is 1. The fraction of sp³-hybridized carbons (Fsp3) is 0. The molecule has 0 saturated heterocycles. The molecule has 3 aromatic rings. The summed E-state index contributed by atoms with van der Waals surface area (Å²) in [5.74, 6) is 0.398. The predicted octanol–water partition coefficient (Wildman–Crippen LogP) is 3.39. The number of benzene rings is 1. The smallest absolute Gasteiger partial charge is 0.301 e. The second-order valence-corrected chi connectivity index (χ2v) is 6.19. The van der Waals surface area contributed by atoms with Crippen molar-refractivity contribution in [1.82, 2.24) is 20.2 Å². The van der Waals surface area contributed by atoms with Crippen LogP contribution in [0.5, 0.6) is 5.75 Å². The Morgan fingerprint density at radius 2 is 2.17 bits per heavy atom. The summed E-state index contributed by atoms with van der Waals surface area (Å²) in [4.78, 5) is 18.7. The van der Waals surface area contributed by atoms with E-state index in [0.717, 1.165) is 16.2 Å². The number of aromatic amines is 1. The highest BCUT2D eigenvalue weighted by Gasteiger charge is 2.18. The van der Waals surface area contributed by atoms with Crippen molar-refractivity contribution < 1.29 is 10.0 Å². The van der Waals surface area contributed by atoms with E-state index in [1.165, 1.54) is 24.4 Å². The Balaban J connectivity index is 1.92. The zero-order valence-electron chi connectivity index (χ0n) is 11.3. The molecule has 1 aromatic carbocycles. The summed E-state index contributed by atoms with van der Waals surface area (Å²) >= 11 is 4.28. The number of halogens is 1. The lowest BCUT2D eigenvalue weighted by Crippen LogP contribution is -1.92. The van der Waals surface area contributed by atoms with Gasteiger partial charge in [-0.15, -0.1) is 5.10 Å². The van der Waals surface area contributed by atoms with Crippen LogP contribution in [0.4, 0.5) is 5.69 Å². The van der Waals surface area contributed by atoms with Crippen LogP contribution in [0.2, 0.25) is 0 Å². The maximum absolute atomic E-state index is 11.0. The molecular formula is C13H8BrN5O3S. The topological polar surface area (TPSA) is 118 Å². The van der Waals surface area contributed by atoms with Crippen molar-refractivity contribution in [2.75, 3.05) is 0 Å². The van der Waals surface area contributed by atoms with E-state index in [9.17, 15) is 15.2 Å². The highest BCUT2D eigenvalue weighted by molar-refractivity contribution is 9.10. The molecule has 0 unspecified atom stereocenters. The fourth-order valence-corrected chi connectivity index (χ4v) is 2.92. The first kappa shape index (κ1) is 15.4. The number of hydrogen-bond acceptors (Lipinski definition) is 7. The number of rotatable bonds is 4. The molecular weight excluding hydrogens is 386 g/mol. The summed E-state index contributed by atoms with van der Waals surface area (Å²) in [7, 11) is 0. The van der Waals surface area contributed by atoms with Gasteiger partial charge in [0.15, 0.2) is 10.9 Å². The largest absolute Gasteiger partial charge is 0.507 e. The number of hydrogen-bond donors (Lipinski definition) is 2. The zero-order chi connectivity index (χ0) is 16.4. The Morgan fingerprint density at radius 1 is 1.35 bits per heavy atom. The molecule has 0 atom stereocenters. The third-order valence-electron chi connectivity index (χ3n) is 2.81. The summed E-state index contributed by atoms with van der Waals surface area (Å²) in [5, 5.41) is 28.0. The molecule has 0 saturated carbocycles. The van der Waals surface area contributed by atoms with E-state index in [-0.39, 0.29) is 21.6 Å². The van der Waals surface area contributed by atoms with E-state index in [1.54, 1.807) is 12.1 Å². The van der Waals surface area contributed by atoms with E-state index in [2.05, 4.69) is 36.1 Å². The highest BCUT2D eigenvalue weighted by atomic mass is 79.9. The van der Waals surface area contributed by atoms with E-state index in [4.69, 9.17) is 0 Å². The van der Waals surface area contributed by atoms with Gasteiger partial charge in [0.05, 0.1) is 10.5 Å². The zero-order valence-corrected chi connectivity index (χ0v) is 13.7. The maximum atomic E-state index is 11.0. The van der Waals surface area contributed by atoms with Crippen LogP contribution in [-0.2, 0) is 0 Å². The first-order chi connectivity index (χ1) is 11.0. The van der Waals surface area contributed by atoms with Gasteiger partial charge in [-0.2, -0.15) is 0 Å². The highest BCUT2D eigenvalue weighted by Crippen LogP contribution is 2.33. The minimum Gasteiger partial charge on any atom is -0.507 e. The lowest BCUT2D eigenvalue weighted by Gasteiger charge is -2.00. The van der Waals surface area contributed by atoms with Crippen molar-refractivity contribution in [3.63, 3.8) is 0 Å². The average molecular weight is 394 g/mol.